The van der Waals surface area contributed by atoms with E-state index >= 15 is 0 Å². The molecule has 6 heteroatoms. The van der Waals surface area contributed by atoms with Crippen LogP contribution in [0, 0.1) is 0 Å². The summed E-state index contributed by atoms with van der Waals surface area (Å²) in [5.41, 5.74) is 1.05. The number of unbranched alkanes of at least 4 members (excludes halogenated alkanes) is 3. The molecule has 0 saturated heterocycles. The highest BCUT2D eigenvalue weighted by molar-refractivity contribution is 7.13. The van der Waals surface area contributed by atoms with Crippen molar-refractivity contribution in [2.75, 3.05) is 39.6 Å². The molecule has 0 aromatic carbocycles. The van der Waals surface area contributed by atoms with Gasteiger partial charge in [-0.05, 0) is 19.3 Å². The van der Waals surface area contributed by atoms with E-state index in [2.05, 4.69) is 39.2 Å². The van der Waals surface area contributed by atoms with Gasteiger partial charge in [0, 0.05) is 40.1 Å². The van der Waals surface area contributed by atoms with Gasteiger partial charge in [0.1, 0.15) is 0 Å². The minimum atomic E-state index is 0.706. The van der Waals surface area contributed by atoms with E-state index < -0.39 is 0 Å². The topological polar surface area (TPSA) is 43.8 Å². The van der Waals surface area contributed by atoms with Crippen LogP contribution in [0.4, 0.5) is 5.13 Å². The second kappa shape index (κ2) is 10.2. The Balaban J connectivity index is 2.35. The highest BCUT2D eigenvalue weighted by Crippen LogP contribution is 2.17. The largest absolute Gasteiger partial charge is 0.354 e. The molecule has 1 aromatic heterocycles. The Hall–Kier alpha value is -1.56. The molecule has 0 saturated carbocycles. The first-order valence-corrected chi connectivity index (χ1v) is 8.60. The molecule has 0 amide bonds. The predicted octanol–water partition coefficient (Wildman–Crippen LogP) is 2.96. The number of nitrogens with zero attached hydrogens (tertiary/aromatic N) is 4. The molecule has 5 nitrogen and oxygen atoms in total. The Morgan fingerprint density at radius 1 is 1.36 bits per heavy atom. The third-order valence-corrected chi connectivity index (χ3v) is 4.38. The van der Waals surface area contributed by atoms with Crippen LogP contribution in [0.15, 0.2) is 23.0 Å². The quantitative estimate of drug-likeness (QED) is 0.328. The molecule has 0 aliphatic carbocycles. The third-order valence-electron chi connectivity index (χ3n) is 3.32. The Bertz CT molecular complexity index is 467. The fourth-order valence-corrected chi connectivity index (χ4v) is 2.82. The molecule has 0 spiro atoms. The van der Waals surface area contributed by atoms with E-state index in [1.165, 1.54) is 19.3 Å². The smallest absolute Gasteiger partial charge is 0.193 e. The summed E-state index contributed by atoms with van der Waals surface area (Å²) < 4.78 is 0. The Kier molecular flexibility index (Phi) is 8.58. The van der Waals surface area contributed by atoms with Crippen LogP contribution >= 0.6 is 11.3 Å². The normalized spacial score (nSPS) is 11.4. The van der Waals surface area contributed by atoms with Gasteiger partial charge in [-0.25, -0.2) is 4.98 Å². The van der Waals surface area contributed by atoms with E-state index in [1.54, 1.807) is 11.3 Å². The second-order valence-corrected chi connectivity index (χ2v) is 6.31. The number of hydrogen-bond donors (Lipinski definition) is 1. The van der Waals surface area contributed by atoms with Crippen molar-refractivity contribution in [3.05, 3.63) is 23.7 Å². The van der Waals surface area contributed by atoms with Crippen molar-refractivity contribution < 1.29 is 0 Å². The van der Waals surface area contributed by atoms with Gasteiger partial charge in [0.25, 0.3) is 0 Å². The van der Waals surface area contributed by atoms with Crippen molar-refractivity contribution >= 4 is 22.4 Å². The van der Waals surface area contributed by atoms with E-state index in [0.29, 0.717) is 6.54 Å². The summed E-state index contributed by atoms with van der Waals surface area (Å²) >= 11 is 1.66. The maximum Gasteiger partial charge on any atom is 0.193 e. The number of aliphatic imine (C=N–C) groups is 1. The van der Waals surface area contributed by atoms with Gasteiger partial charge in [-0.15, -0.1) is 17.9 Å². The highest BCUT2D eigenvalue weighted by atomic mass is 32.1. The molecule has 0 fully saturated rings. The number of rotatable bonds is 9. The summed E-state index contributed by atoms with van der Waals surface area (Å²) in [6.45, 7) is 5.47. The van der Waals surface area contributed by atoms with E-state index in [0.717, 1.165) is 29.8 Å². The molecular formula is C16H29N5S. The first-order valence-electron chi connectivity index (χ1n) is 7.73. The standard InChI is InChI=1S/C16H29N5S/c1-6-7-8-9-10-11-21(5)15(17-2)18-12-14-13-22-16(19-14)20(3)4/h6,13H,1,7-12H2,2-5H3,(H,17,18). The van der Waals surface area contributed by atoms with Crippen LogP contribution in [-0.2, 0) is 6.54 Å². The number of anilines is 1. The molecule has 0 bridgehead atoms. The summed E-state index contributed by atoms with van der Waals surface area (Å²) in [6.07, 6.45) is 6.71. The number of thiazole rings is 1. The van der Waals surface area contributed by atoms with Gasteiger partial charge in [-0.2, -0.15) is 0 Å². The first kappa shape index (κ1) is 18.5. The average molecular weight is 324 g/mol. The molecule has 22 heavy (non-hydrogen) atoms. The zero-order valence-electron chi connectivity index (χ0n) is 14.3. The van der Waals surface area contributed by atoms with Gasteiger partial charge in [0.15, 0.2) is 11.1 Å². The molecule has 124 valence electrons. The van der Waals surface area contributed by atoms with Crippen LogP contribution in [0.3, 0.4) is 0 Å². The first-order chi connectivity index (χ1) is 10.6. The van der Waals surface area contributed by atoms with E-state index in [1.807, 2.05) is 32.1 Å². The summed E-state index contributed by atoms with van der Waals surface area (Å²) in [4.78, 5) is 13.1. The zero-order valence-corrected chi connectivity index (χ0v) is 15.1. The minimum Gasteiger partial charge on any atom is -0.354 e. The van der Waals surface area contributed by atoms with Gasteiger partial charge in [0.05, 0.1) is 12.2 Å². The molecule has 0 aliphatic rings. The van der Waals surface area contributed by atoms with Gasteiger partial charge in [0.2, 0.25) is 0 Å². The van der Waals surface area contributed by atoms with Crippen molar-refractivity contribution in [1.82, 2.24) is 15.2 Å². The molecule has 1 aromatic rings. The van der Waals surface area contributed by atoms with E-state index in [9.17, 15) is 0 Å². The number of aromatic nitrogens is 1. The van der Waals surface area contributed by atoms with Crippen molar-refractivity contribution in [1.29, 1.82) is 0 Å². The minimum absolute atomic E-state index is 0.706. The highest BCUT2D eigenvalue weighted by Gasteiger charge is 2.07. The van der Waals surface area contributed by atoms with Gasteiger partial charge in [-0.3, -0.25) is 4.99 Å². The monoisotopic (exact) mass is 323 g/mol. The summed E-state index contributed by atoms with van der Waals surface area (Å²) in [5, 5.41) is 6.49. The maximum atomic E-state index is 4.57. The average Bonchev–Trinajstić information content (AvgIpc) is 2.97. The summed E-state index contributed by atoms with van der Waals surface area (Å²) in [6, 6.07) is 0. The molecule has 1 N–H and O–H groups in total. The van der Waals surface area contributed by atoms with Crippen molar-refractivity contribution in [2.24, 2.45) is 4.99 Å². The van der Waals surface area contributed by atoms with Crippen LogP contribution in [0.25, 0.3) is 0 Å². The van der Waals surface area contributed by atoms with E-state index in [-0.39, 0.29) is 0 Å². The number of guanidine groups is 1. The van der Waals surface area contributed by atoms with Gasteiger partial charge < -0.3 is 15.1 Å². The van der Waals surface area contributed by atoms with Crippen LogP contribution in [0.5, 0.6) is 0 Å². The lowest BCUT2D eigenvalue weighted by Gasteiger charge is -2.21. The molecule has 1 rings (SSSR count). The maximum absolute atomic E-state index is 4.57. The lowest BCUT2D eigenvalue weighted by Crippen LogP contribution is -2.39. The number of nitrogens with one attached hydrogen (secondary N) is 1. The Labute approximate surface area is 138 Å². The van der Waals surface area contributed by atoms with Crippen molar-refractivity contribution in [3.8, 4) is 0 Å². The second-order valence-electron chi connectivity index (χ2n) is 5.48. The molecular weight excluding hydrogens is 294 g/mol. The SMILES string of the molecule is C=CCCCCCN(C)C(=NC)NCc1csc(N(C)C)n1. The lowest BCUT2D eigenvalue weighted by atomic mass is 10.2. The van der Waals surface area contributed by atoms with Crippen molar-refractivity contribution in [3.63, 3.8) is 0 Å². The van der Waals surface area contributed by atoms with Crippen LogP contribution in [0.1, 0.15) is 31.4 Å². The van der Waals surface area contributed by atoms with Crippen LogP contribution in [-0.4, -0.2) is 50.6 Å². The summed E-state index contributed by atoms with van der Waals surface area (Å²) in [7, 11) is 7.92. The predicted molar refractivity (Wildman–Crippen MR) is 97.9 cm³/mol. The molecule has 0 unspecified atom stereocenters. The zero-order chi connectivity index (χ0) is 16.4. The molecule has 0 atom stereocenters. The molecule has 0 radical (unpaired) electrons. The Morgan fingerprint density at radius 2 is 2.14 bits per heavy atom. The summed E-state index contributed by atoms with van der Waals surface area (Å²) in [5.74, 6) is 0.920. The van der Waals surface area contributed by atoms with Crippen LogP contribution in [0.2, 0.25) is 0 Å². The number of hydrogen-bond acceptors (Lipinski definition) is 4. The number of allylic oxidation sites excluding steroid dienone is 1. The Morgan fingerprint density at radius 3 is 2.73 bits per heavy atom. The van der Waals surface area contributed by atoms with Gasteiger partial charge in [-0.1, -0.05) is 12.5 Å². The molecule has 0 aliphatic heterocycles. The lowest BCUT2D eigenvalue weighted by molar-refractivity contribution is 0.455. The molecule has 1 heterocycles. The van der Waals surface area contributed by atoms with Crippen LogP contribution < -0.4 is 10.2 Å². The third kappa shape index (κ3) is 6.47. The van der Waals surface area contributed by atoms with Gasteiger partial charge >= 0.3 is 0 Å². The fourth-order valence-electron chi connectivity index (χ4n) is 2.06. The van der Waals surface area contributed by atoms with Crippen molar-refractivity contribution in [2.45, 2.75) is 32.2 Å². The van der Waals surface area contributed by atoms with E-state index in [4.69, 9.17) is 0 Å². The fraction of sp³-hybridized carbons (Fsp3) is 0.625.